The second kappa shape index (κ2) is 3.15. The van der Waals surface area contributed by atoms with Gasteiger partial charge < -0.3 is 5.11 Å². The van der Waals surface area contributed by atoms with E-state index in [1.165, 1.54) is 0 Å². The number of hydrogen-bond acceptors (Lipinski definition) is 3. The van der Waals surface area contributed by atoms with Crippen LogP contribution in [0.2, 0.25) is 0 Å². The van der Waals surface area contributed by atoms with Crippen LogP contribution in [0.5, 0.6) is 0 Å². The number of aliphatic carboxylic acids is 1. The van der Waals surface area contributed by atoms with Gasteiger partial charge in [-0.15, -0.1) is 0 Å². The summed E-state index contributed by atoms with van der Waals surface area (Å²) in [6.45, 7) is 1.82. The van der Waals surface area contributed by atoms with Gasteiger partial charge in [0.05, 0.1) is 5.69 Å². The minimum absolute atomic E-state index is 0.0116. The van der Waals surface area contributed by atoms with E-state index in [0.29, 0.717) is 5.69 Å². The molecule has 1 saturated carbocycles. The van der Waals surface area contributed by atoms with Crippen LogP contribution in [0.4, 0.5) is 0 Å². The third-order valence-corrected chi connectivity index (χ3v) is 2.87. The number of ketones is 1. The van der Waals surface area contributed by atoms with Crippen LogP contribution in [0.25, 0.3) is 0 Å². The molecule has 1 fully saturated rings. The number of pyridine rings is 1. The van der Waals surface area contributed by atoms with Crippen molar-refractivity contribution in [1.29, 1.82) is 0 Å². The van der Waals surface area contributed by atoms with Crippen molar-refractivity contribution in [1.82, 2.24) is 4.98 Å². The Morgan fingerprint density at radius 3 is 2.67 bits per heavy atom. The fourth-order valence-electron chi connectivity index (χ4n) is 2.03. The number of aryl methyl sites for hydroxylation is 1. The first-order valence-corrected chi connectivity index (χ1v) is 4.73. The molecule has 4 heteroatoms. The first kappa shape index (κ1) is 9.83. The van der Waals surface area contributed by atoms with Crippen molar-refractivity contribution in [3.05, 3.63) is 29.6 Å². The summed E-state index contributed by atoms with van der Waals surface area (Å²) in [6, 6.07) is 3.57. The fraction of sp³-hybridized carbons (Fsp3) is 0.364. The van der Waals surface area contributed by atoms with Crippen LogP contribution >= 0.6 is 0 Å². The van der Waals surface area contributed by atoms with Crippen LogP contribution in [0.15, 0.2) is 18.3 Å². The largest absolute Gasteiger partial charge is 0.481 e. The van der Waals surface area contributed by atoms with Crippen molar-refractivity contribution in [2.24, 2.45) is 0 Å². The summed E-state index contributed by atoms with van der Waals surface area (Å²) < 4.78 is 0. The van der Waals surface area contributed by atoms with Crippen LogP contribution in [0, 0.1) is 6.92 Å². The molecule has 0 atom stereocenters. The van der Waals surface area contributed by atoms with E-state index in [2.05, 4.69) is 4.98 Å². The molecule has 0 unspecified atom stereocenters. The van der Waals surface area contributed by atoms with Gasteiger partial charge in [-0.1, -0.05) is 6.07 Å². The van der Waals surface area contributed by atoms with Crippen LogP contribution < -0.4 is 0 Å². The van der Waals surface area contributed by atoms with Crippen molar-refractivity contribution in [2.75, 3.05) is 0 Å². The molecule has 1 aromatic rings. The molecule has 0 aromatic carbocycles. The Hall–Kier alpha value is -1.71. The molecule has 1 aliphatic carbocycles. The number of hydrogen-bond donors (Lipinski definition) is 1. The lowest BCUT2D eigenvalue weighted by molar-refractivity contribution is -0.153. The predicted molar refractivity (Wildman–Crippen MR) is 52.5 cm³/mol. The highest BCUT2D eigenvalue weighted by atomic mass is 16.4. The molecule has 0 saturated heterocycles. The van der Waals surface area contributed by atoms with E-state index in [1.54, 1.807) is 12.3 Å². The smallest absolute Gasteiger partial charge is 0.316 e. The summed E-state index contributed by atoms with van der Waals surface area (Å²) >= 11 is 0. The highest BCUT2D eigenvalue weighted by molar-refractivity contribution is 6.01. The van der Waals surface area contributed by atoms with E-state index in [0.717, 1.165) is 5.56 Å². The Morgan fingerprint density at radius 2 is 2.20 bits per heavy atom. The monoisotopic (exact) mass is 205 g/mol. The molecule has 0 spiro atoms. The Labute approximate surface area is 87.0 Å². The second-order valence-electron chi connectivity index (χ2n) is 3.95. The lowest BCUT2D eigenvalue weighted by atomic mass is 9.64. The van der Waals surface area contributed by atoms with Crippen LogP contribution in [-0.2, 0) is 15.0 Å². The average Bonchev–Trinajstić information content (AvgIpc) is 2.13. The lowest BCUT2D eigenvalue weighted by Gasteiger charge is -2.36. The molecular weight excluding hydrogens is 194 g/mol. The highest BCUT2D eigenvalue weighted by Crippen LogP contribution is 2.41. The number of nitrogens with zero attached hydrogens (tertiary/aromatic N) is 1. The molecular formula is C11H11NO3. The van der Waals surface area contributed by atoms with Crippen LogP contribution in [0.3, 0.4) is 0 Å². The van der Waals surface area contributed by atoms with Gasteiger partial charge in [0.25, 0.3) is 0 Å². The summed E-state index contributed by atoms with van der Waals surface area (Å²) in [5, 5.41) is 9.19. The quantitative estimate of drug-likeness (QED) is 0.784. The van der Waals surface area contributed by atoms with Gasteiger partial charge in [0.1, 0.15) is 11.2 Å². The van der Waals surface area contributed by atoms with Gasteiger partial charge in [0, 0.05) is 19.0 Å². The third-order valence-electron chi connectivity index (χ3n) is 2.87. The molecule has 0 amide bonds. The van der Waals surface area contributed by atoms with Gasteiger partial charge in [0.2, 0.25) is 0 Å². The highest BCUT2D eigenvalue weighted by Gasteiger charge is 2.53. The maximum atomic E-state index is 11.2. The normalized spacial score (nSPS) is 18.3. The summed E-state index contributed by atoms with van der Waals surface area (Å²) in [6.07, 6.45) is 1.70. The van der Waals surface area contributed by atoms with Gasteiger partial charge in [-0.2, -0.15) is 0 Å². The van der Waals surface area contributed by atoms with Crippen molar-refractivity contribution in [2.45, 2.75) is 25.2 Å². The van der Waals surface area contributed by atoms with Gasteiger partial charge in [0.15, 0.2) is 0 Å². The first-order chi connectivity index (χ1) is 7.06. The number of Topliss-reactive ketones (excluding diaryl/α,β-unsaturated/α-hetero) is 1. The van der Waals surface area contributed by atoms with E-state index < -0.39 is 11.4 Å². The Kier molecular flexibility index (Phi) is 2.07. The van der Waals surface area contributed by atoms with Crippen LogP contribution in [-0.4, -0.2) is 21.8 Å². The van der Waals surface area contributed by atoms with Crippen LogP contribution in [0.1, 0.15) is 24.1 Å². The number of carboxylic acids is 1. The summed E-state index contributed by atoms with van der Waals surface area (Å²) in [5.74, 6) is -0.966. The first-order valence-electron chi connectivity index (χ1n) is 4.73. The number of carbonyl (C=O) groups is 2. The minimum Gasteiger partial charge on any atom is -0.481 e. The molecule has 1 aromatic heterocycles. The molecule has 4 nitrogen and oxygen atoms in total. The molecule has 1 aliphatic rings. The lowest BCUT2D eigenvalue weighted by Crippen LogP contribution is -2.49. The van der Waals surface area contributed by atoms with E-state index in [9.17, 15) is 14.7 Å². The molecule has 0 bridgehead atoms. The number of aromatic nitrogens is 1. The van der Waals surface area contributed by atoms with E-state index in [1.807, 2.05) is 13.0 Å². The maximum Gasteiger partial charge on any atom is 0.316 e. The van der Waals surface area contributed by atoms with E-state index >= 15 is 0 Å². The van der Waals surface area contributed by atoms with Crippen molar-refractivity contribution in [3.8, 4) is 0 Å². The van der Waals surface area contributed by atoms with E-state index in [4.69, 9.17) is 0 Å². The Bertz CT molecular complexity index is 431. The van der Waals surface area contributed by atoms with Gasteiger partial charge >= 0.3 is 5.97 Å². The number of carbonyl (C=O) groups excluding carboxylic acids is 1. The Balaban J connectivity index is 2.48. The zero-order valence-electron chi connectivity index (χ0n) is 8.36. The Morgan fingerprint density at radius 1 is 1.53 bits per heavy atom. The average molecular weight is 205 g/mol. The zero-order chi connectivity index (χ0) is 11.1. The number of carboxylic acid groups (broad SMARTS) is 1. The molecule has 1 heterocycles. The molecule has 2 rings (SSSR count). The fourth-order valence-corrected chi connectivity index (χ4v) is 2.03. The molecule has 15 heavy (non-hydrogen) atoms. The molecule has 1 N–H and O–H groups in total. The van der Waals surface area contributed by atoms with Crippen molar-refractivity contribution >= 4 is 11.8 Å². The zero-order valence-corrected chi connectivity index (χ0v) is 8.36. The molecule has 0 aliphatic heterocycles. The minimum atomic E-state index is -1.07. The number of rotatable bonds is 2. The van der Waals surface area contributed by atoms with Gasteiger partial charge in [-0.25, -0.2) is 0 Å². The van der Waals surface area contributed by atoms with Crippen molar-refractivity contribution in [3.63, 3.8) is 0 Å². The van der Waals surface area contributed by atoms with E-state index in [-0.39, 0.29) is 18.6 Å². The SMILES string of the molecule is Cc1cccnc1C1(C(=O)O)CC(=O)C1. The van der Waals surface area contributed by atoms with Crippen molar-refractivity contribution < 1.29 is 14.7 Å². The predicted octanol–water partition coefficient (Wildman–Crippen LogP) is 1.08. The van der Waals surface area contributed by atoms with Gasteiger partial charge in [-0.05, 0) is 18.6 Å². The maximum absolute atomic E-state index is 11.2. The third kappa shape index (κ3) is 1.33. The summed E-state index contributed by atoms with van der Waals surface area (Å²) in [4.78, 5) is 26.3. The summed E-state index contributed by atoms with van der Waals surface area (Å²) in [5.41, 5.74) is 0.284. The van der Waals surface area contributed by atoms with Gasteiger partial charge in [-0.3, -0.25) is 14.6 Å². The molecule has 0 radical (unpaired) electrons. The standard InChI is InChI=1S/C11H11NO3/c1-7-3-2-4-12-9(7)11(10(14)15)5-8(13)6-11/h2-4H,5-6H2,1H3,(H,14,15). The topological polar surface area (TPSA) is 67.3 Å². The summed E-state index contributed by atoms with van der Waals surface area (Å²) in [7, 11) is 0. The second-order valence-corrected chi connectivity index (χ2v) is 3.95. The molecule has 78 valence electrons.